The van der Waals surface area contributed by atoms with Crippen LogP contribution in [-0.4, -0.2) is 4.57 Å². The second-order valence-corrected chi connectivity index (χ2v) is 5.60. The Labute approximate surface area is 120 Å². The SMILES string of the molecule is CC(C)(c1ccccc1)n1ccc(-c2ccccc2)c1. The van der Waals surface area contributed by atoms with Gasteiger partial charge in [-0.05, 0) is 36.6 Å². The number of aromatic nitrogens is 1. The minimum absolute atomic E-state index is 0.0473. The molecule has 2 aromatic carbocycles. The van der Waals surface area contributed by atoms with Crippen molar-refractivity contribution in [3.8, 4) is 11.1 Å². The summed E-state index contributed by atoms with van der Waals surface area (Å²) in [6.07, 6.45) is 4.39. The second kappa shape index (κ2) is 5.01. The molecule has 0 N–H and O–H groups in total. The van der Waals surface area contributed by atoms with Gasteiger partial charge in [0.25, 0.3) is 0 Å². The van der Waals surface area contributed by atoms with Crippen LogP contribution in [0.15, 0.2) is 79.1 Å². The molecule has 0 spiro atoms. The molecule has 1 heteroatoms. The highest BCUT2D eigenvalue weighted by Crippen LogP contribution is 2.28. The zero-order valence-electron chi connectivity index (χ0n) is 12.0. The number of hydrogen-bond acceptors (Lipinski definition) is 0. The van der Waals surface area contributed by atoms with Crippen LogP contribution in [-0.2, 0) is 5.54 Å². The Balaban J connectivity index is 1.98. The molecule has 20 heavy (non-hydrogen) atoms. The van der Waals surface area contributed by atoms with Crippen LogP contribution >= 0.6 is 0 Å². The van der Waals surface area contributed by atoms with E-state index in [9.17, 15) is 0 Å². The Bertz CT molecular complexity index is 678. The van der Waals surface area contributed by atoms with E-state index in [4.69, 9.17) is 0 Å². The van der Waals surface area contributed by atoms with E-state index >= 15 is 0 Å². The van der Waals surface area contributed by atoms with E-state index in [0.29, 0.717) is 0 Å². The van der Waals surface area contributed by atoms with Crippen molar-refractivity contribution in [1.29, 1.82) is 0 Å². The molecule has 3 aromatic rings. The van der Waals surface area contributed by atoms with Gasteiger partial charge in [-0.1, -0.05) is 60.7 Å². The molecule has 0 amide bonds. The highest BCUT2D eigenvalue weighted by atomic mass is 15.0. The molecule has 0 atom stereocenters. The summed E-state index contributed by atoms with van der Waals surface area (Å²) in [5, 5.41) is 0. The van der Waals surface area contributed by atoms with Gasteiger partial charge in [-0.3, -0.25) is 0 Å². The first kappa shape index (κ1) is 12.7. The van der Waals surface area contributed by atoms with Crippen LogP contribution in [0.1, 0.15) is 19.4 Å². The third-order valence-electron chi connectivity index (χ3n) is 3.93. The summed E-state index contributed by atoms with van der Waals surface area (Å²) in [5.41, 5.74) is 3.79. The Morgan fingerprint density at radius 1 is 0.700 bits per heavy atom. The molecular weight excluding hydrogens is 242 g/mol. The zero-order valence-corrected chi connectivity index (χ0v) is 12.0. The van der Waals surface area contributed by atoms with E-state index in [1.807, 2.05) is 0 Å². The van der Waals surface area contributed by atoms with Crippen LogP contribution in [0.2, 0.25) is 0 Å². The minimum atomic E-state index is -0.0473. The van der Waals surface area contributed by atoms with Crippen LogP contribution < -0.4 is 0 Å². The summed E-state index contributed by atoms with van der Waals surface area (Å²) >= 11 is 0. The third kappa shape index (κ3) is 2.27. The molecule has 0 bridgehead atoms. The Kier molecular flexibility index (Phi) is 3.19. The molecule has 0 radical (unpaired) electrons. The average Bonchev–Trinajstić information content (AvgIpc) is 3.00. The Hall–Kier alpha value is -2.28. The molecule has 0 unspecified atom stereocenters. The van der Waals surface area contributed by atoms with Gasteiger partial charge < -0.3 is 4.57 Å². The maximum Gasteiger partial charge on any atom is 0.0635 e. The van der Waals surface area contributed by atoms with Gasteiger partial charge in [-0.15, -0.1) is 0 Å². The largest absolute Gasteiger partial charge is 0.344 e. The average molecular weight is 261 g/mol. The normalized spacial score (nSPS) is 11.5. The van der Waals surface area contributed by atoms with Crippen LogP contribution in [0, 0.1) is 0 Å². The number of benzene rings is 2. The molecule has 0 aliphatic carbocycles. The number of rotatable bonds is 3. The van der Waals surface area contributed by atoms with E-state index < -0.39 is 0 Å². The highest BCUT2D eigenvalue weighted by Gasteiger charge is 2.22. The second-order valence-electron chi connectivity index (χ2n) is 5.60. The van der Waals surface area contributed by atoms with Gasteiger partial charge in [-0.2, -0.15) is 0 Å². The van der Waals surface area contributed by atoms with E-state index in [1.54, 1.807) is 0 Å². The van der Waals surface area contributed by atoms with Crippen LogP contribution in [0.5, 0.6) is 0 Å². The first-order valence-corrected chi connectivity index (χ1v) is 6.97. The standard InChI is InChI=1S/C19H19N/c1-19(2,18-11-7-4-8-12-18)20-14-13-17(15-20)16-9-5-3-6-10-16/h3-15H,1-2H3. The van der Waals surface area contributed by atoms with Crippen molar-refractivity contribution < 1.29 is 0 Å². The van der Waals surface area contributed by atoms with Gasteiger partial charge in [0.2, 0.25) is 0 Å². The van der Waals surface area contributed by atoms with E-state index in [2.05, 4.69) is 97.5 Å². The molecule has 0 saturated carbocycles. The van der Waals surface area contributed by atoms with Crippen molar-refractivity contribution in [1.82, 2.24) is 4.57 Å². The van der Waals surface area contributed by atoms with Crippen molar-refractivity contribution in [3.05, 3.63) is 84.7 Å². The molecule has 0 fully saturated rings. The fourth-order valence-corrected chi connectivity index (χ4v) is 2.54. The Morgan fingerprint density at radius 3 is 1.95 bits per heavy atom. The van der Waals surface area contributed by atoms with Gasteiger partial charge in [0, 0.05) is 12.4 Å². The lowest BCUT2D eigenvalue weighted by Crippen LogP contribution is -2.26. The lowest BCUT2D eigenvalue weighted by atomic mass is 9.94. The van der Waals surface area contributed by atoms with E-state index in [0.717, 1.165) is 0 Å². The lowest BCUT2D eigenvalue weighted by molar-refractivity contribution is 0.438. The fourth-order valence-electron chi connectivity index (χ4n) is 2.54. The first-order chi connectivity index (χ1) is 9.68. The minimum Gasteiger partial charge on any atom is -0.344 e. The third-order valence-corrected chi connectivity index (χ3v) is 3.93. The summed E-state index contributed by atoms with van der Waals surface area (Å²) in [6, 6.07) is 23.3. The summed E-state index contributed by atoms with van der Waals surface area (Å²) < 4.78 is 2.28. The maximum absolute atomic E-state index is 2.28. The van der Waals surface area contributed by atoms with Crippen LogP contribution in [0.25, 0.3) is 11.1 Å². The predicted molar refractivity (Wildman–Crippen MR) is 84.7 cm³/mol. The van der Waals surface area contributed by atoms with Gasteiger partial charge in [0.05, 0.1) is 5.54 Å². The van der Waals surface area contributed by atoms with Crippen LogP contribution in [0.4, 0.5) is 0 Å². The van der Waals surface area contributed by atoms with Gasteiger partial charge >= 0.3 is 0 Å². The molecule has 0 saturated heterocycles. The van der Waals surface area contributed by atoms with Crippen molar-refractivity contribution in [2.24, 2.45) is 0 Å². The summed E-state index contributed by atoms with van der Waals surface area (Å²) in [6.45, 7) is 4.49. The molecular formula is C19H19N. The van der Waals surface area contributed by atoms with Gasteiger partial charge in [-0.25, -0.2) is 0 Å². The summed E-state index contributed by atoms with van der Waals surface area (Å²) in [7, 11) is 0. The Morgan fingerprint density at radius 2 is 1.30 bits per heavy atom. The van der Waals surface area contributed by atoms with Gasteiger partial charge in [0.15, 0.2) is 0 Å². The monoisotopic (exact) mass is 261 g/mol. The van der Waals surface area contributed by atoms with E-state index in [-0.39, 0.29) is 5.54 Å². The quantitative estimate of drug-likeness (QED) is 0.629. The molecule has 100 valence electrons. The molecule has 1 aromatic heterocycles. The van der Waals surface area contributed by atoms with Crippen LogP contribution in [0.3, 0.4) is 0 Å². The van der Waals surface area contributed by atoms with Crippen molar-refractivity contribution in [2.45, 2.75) is 19.4 Å². The first-order valence-electron chi connectivity index (χ1n) is 6.97. The predicted octanol–water partition coefficient (Wildman–Crippen LogP) is 4.94. The van der Waals surface area contributed by atoms with Crippen molar-refractivity contribution >= 4 is 0 Å². The fraction of sp³-hybridized carbons (Fsp3) is 0.158. The van der Waals surface area contributed by atoms with Crippen molar-refractivity contribution in [2.75, 3.05) is 0 Å². The van der Waals surface area contributed by atoms with Gasteiger partial charge in [0.1, 0.15) is 0 Å². The number of nitrogens with zero attached hydrogens (tertiary/aromatic N) is 1. The smallest absolute Gasteiger partial charge is 0.0635 e. The zero-order chi connectivity index (χ0) is 14.0. The topological polar surface area (TPSA) is 4.93 Å². The lowest BCUT2D eigenvalue weighted by Gasteiger charge is -2.27. The molecule has 1 heterocycles. The van der Waals surface area contributed by atoms with Crippen molar-refractivity contribution in [3.63, 3.8) is 0 Å². The molecule has 1 nitrogen and oxygen atoms in total. The molecule has 0 aliphatic rings. The maximum atomic E-state index is 2.28. The van der Waals surface area contributed by atoms with E-state index in [1.165, 1.54) is 16.7 Å². The highest BCUT2D eigenvalue weighted by molar-refractivity contribution is 5.62. The molecule has 0 aliphatic heterocycles. The summed E-state index contributed by atoms with van der Waals surface area (Å²) in [4.78, 5) is 0. The molecule has 3 rings (SSSR count). The number of hydrogen-bond donors (Lipinski definition) is 0. The summed E-state index contributed by atoms with van der Waals surface area (Å²) in [5.74, 6) is 0.